The van der Waals surface area contributed by atoms with E-state index in [1.165, 1.54) is 12.4 Å². The highest BCUT2D eigenvalue weighted by atomic mass is 16.2. The summed E-state index contributed by atoms with van der Waals surface area (Å²) in [7, 11) is 0. The molecule has 1 amide bonds. The molecule has 4 rings (SSSR count). The first kappa shape index (κ1) is 19.3. The van der Waals surface area contributed by atoms with Gasteiger partial charge in [-0.15, -0.1) is 0 Å². The fourth-order valence-corrected chi connectivity index (χ4v) is 3.94. The molecule has 0 radical (unpaired) electrons. The highest BCUT2D eigenvalue weighted by Crippen LogP contribution is 2.49. The number of aromatic amines is 1. The van der Waals surface area contributed by atoms with Crippen LogP contribution in [0.5, 0.6) is 0 Å². The van der Waals surface area contributed by atoms with Crippen LogP contribution < -0.4 is 10.9 Å². The molecule has 0 saturated heterocycles. The van der Waals surface area contributed by atoms with E-state index in [0.717, 1.165) is 0 Å². The van der Waals surface area contributed by atoms with E-state index in [1.54, 1.807) is 32.0 Å². The molecule has 0 bridgehead atoms. The lowest BCUT2D eigenvalue weighted by Crippen LogP contribution is -2.40. The molecule has 1 aliphatic rings. The molecular weight excluding hydrogens is 380 g/mol. The highest BCUT2D eigenvalue weighted by Gasteiger charge is 2.54. The summed E-state index contributed by atoms with van der Waals surface area (Å²) < 4.78 is 0. The maximum Gasteiger partial charge on any atom is 0.252 e. The fourth-order valence-electron chi connectivity index (χ4n) is 3.94. The van der Waals surface area contributed by atoms with Crippen molar-refractivity contribution in [3.05, 3.63) is 69.0 Å². The van der Waals surface area contributed by atoms with Gasteiger partial charge in [0.25, 0.3) is 5.56 Å². The third-order valence-corrected chi connectivity index (χ3v) is 5.61. The van der Waals surface area contributed by atoms with Crippen LogP contribution in [-0.2, 0) is 10.2 Å². The summed E-state index contributed by atoms with van der Waals surface area (Å²) >= 11 is 0. The number of aromatic nitrogens is 3. The van der Waals surface area contributed by atoms with Crippen molar-refractivity contribution in [2.24, 2.45) is 0 Å². The lowest BCUT2D eigenvalue weighted by atomic mass is 9.89. The quantitative estimate of drug-likeness (QED) is 0.692. The summed E-state index contributed by atoms with van der Waals surface area (Å²) in [6.07, 6.45) is 3.90. The van der Waals surface area contributed by atoms with Crippen molar-refractivity contribution in [3.63, 3.8) is 0 Å². The zero-order chi connectivity index (χ0) is 21.5. The van der Waals surface area contributed by atoms with Crippen LogP contribution in [0.1, 0.15) is 53.9 Å². The largest absolute Gasteiger partial charge is 0.346 e. The van der Waals surface area contributed by atoms with Gasteiger partial charge in [0.1, 0.15) is 11.9 Å². The van der Waals surface area contributed by atoms with Gasteiger partial charge < -0.3 is 10.3 Å². The van der Waals surface area contributed by atoms with Crippen LogP contribution in [0.2, 0.25) is 0 Å². The van der Waals surface area contributed by atoms with Crippen LogP contribution in [0.3, 0.4) is 0 Å². The first-order chi connectivity index (χ1) is 14.4. The first-order valence-electron chi connectivity index (χ1n) is 9.50. The number of nitriles is 2. The minimum atomic E-state index is -0.935. The summed E-state index contributed by atoms with van der Waals surface area (Å²) in [6, 6.07) is 8.78. The molecule has 0 unspecified atom stereocenters. The van der Waals surface area contributed by atoms with Crippen molar-refractivity contribution in [3.8, 4) is 12.1 Å². The molecule has 8 nitrogen and oxygen atoms in total. The minimum Gasteiger partial charge on any atom is -0.346 e. The third kappa shape index (κ3) is 2.99. The van der Waals surface area contributed by atoms with Crippen LogP contribution in [-0.4, -0.2) is 20.9 Å². The van der Waals surface area contributed by atoms with E-state index in [4.69, 9.17) is 5.26 Å². The molecule has 2 aromatic heterocycles. The monoisotopic (exact) mass is 398 g/mol. The lowest BCUT2D eigenvalue weighted by molar-refractivity contribution is -0.124. The standard InChI is InChI=1S/C22H18N6O2/c1-12-17-15(9-24)4-3-5-16(17)28-20(29)18(12)22(6-7-22)21(30)27-13(2)19-25-10-14(8-23)11-26-19/h3-5,10-11,13H,6-7H2,1-2H3,(H,27,30)(H,28,29)/t13-/m1/s1. The molecule has 0 spiro atoms. The van der Waals surface area contributed by atoms with E-state index in [0.29, 0.717) is 51.8 Å². The molecule has 2 N–H and O–H groups in total. The lowest BCUT2D eigenvalue weighted by Gasteiger charge is -2.21. The van der Waals surface area contributed by atoms with Gasteiger partial charge in [-0.05, 0) is 44.4 Å². The predicted molar refractivity (Wildman–Crippen MR) is 108 cm³/mol. The van der Waals surface area contributed by atoms with Gasteiger partial charge in [-0.3, -0.25) is 9.59 Å². The van der Waals surface area contributed by atoms with Crippen molar-refractivity contribution < 1.29 is 4.79 Å². The number of benzene rings is 1. The zero-order valence-electron chi connectivity index (χ0n) is 16.5. The molecule has 2 heterocycles. The highest BCUT2D eigenvalue weighted by molar-refractivity contribution is 5.95. The molecule has 1 aromatic carbocycles. The normalized spacial score (nSPS) is 15.1. The van der Waals surface area contributed by atoms with E-state index in [2.05, 4.69) is 26.3 Å². The Balaban J connectivity index is 1.71. The maximum atomic E-state index is 13.2. The van der Waals surface area contributed by atoms with Crippen molar-refractivity contribution in [2.75, 3.05) is 0 Å². The number of nitrogens with zero attached hydrogens (tertiary/aromatic N) is 4. The molecular formula is C22H18N6O2. The van der Waals surface area contributed by atoms with Gasteiger partial charge in [-0.2, -0.15) is 10.5 Å². The van der Waals surface area contributed by atoms with Crippen LogP contribution >= 0.6 is 0 Å². The number of carbonyl (C=O) groups excluding carboxylic acids is 1. The molecule has 1 atom stereocenters. The zero-order valence-corrected chi connectivity index (χ0v) is 16.5. The van der Waals surface area contributed by atoms with Gasteiger partial charge in [0.05, 0.1) is 28.7 Å². The van der Waals surface area contributed by atoms with Crippen molar-refractivity contribution in [1.29, 1.82) is 10.5 Å². The topological polar surface area (TPSA) is 135 Å². The van der Waals surface area contributed by atoms with Crippen LogP contribution in [0.4, 0.5) is 0 Å². The average molecular weight is 398 g/mol. The fraction of sp³-hybridized carbons (Fsp3) is 0.273. The molecule has 3 aromatic rings. The van der Waals surface area contributed by atoms with E-state index in [9.17, 15) is 14.9 Å². The molecule has 0 aliphatic heterocycles. The van der Waals surface area contributed by atoms with E-state index < -0.39 is 11.5 Å². The SMILES string of the molecule is Cc1c(C2(C(=O)N[C@H](C)c3ncc(C#N)cn3)CC2)c(=O)[nH]c2cccc(C#N)c12. The number of hydrogen-bond donors (Lipinski definition) is 2. The summed E-state index contributed by atoms with van der Waals surface area (Å²) in [5, 5.41) is 21.9. The number of pyridine rings is 1. The Morgan fingerprint density at radius 3 is 2.53 bits per heavy atom. The van der Waals surface area contributed by atoms with Gasteiger partial charge in [0, 0.05) is 28.9 Å². The predicted octanol–water partition coefficient (Wildman–Crippen LogP) is 2.28. The second-order valence-electron chi connectivity index (χ2n) is 7.51. The minimum absolute atomic E-state index is 0.273. The summed E-state index contributed by atoms with van der Waals surface area (Å²) in [6.45, 7) is 3.54. The van der Waals surface area contributed by atoms with Gasteiger partial charge in [-0.1, -0.05) is 6.07 Å². The van der Waals surface area contributed by atoms with Crippen molar-refractivity contribution >= 4 is 16.8 Å². The number of carbonyl (C=O) groups is 1. The van der Waals surface area contributed by atoms with Gasteiger partial charge in [0.2, 0.25) is 5.91 Å². The van der Waals surface area contributed by atoms with Crippen LogP contribution in [0.25, 0.3) is 10.9 Å². The van der Waals surface area contributed by atoms with E-state index in [1.807, 2.05) is 6.07 Å². The number of amides is 1. The molecule has 1 aliphatic carbocycles. The molecule has 1 fully saturated rings. The van der Waals surface area contributed by atoms with Gasteiger partial charge in [0.15, 0.2) is 0 Å². The first-order valence-corrected chi connectivity index (χ1v) is 9.50. The van der Waals surface area contributed by atoms with Gasteiger partial charge >= 0.3 is 0 Å². The van der Waals surface area contributed by atoms with Crippen LogP contribution in [0.15, 0.2) is 35.4 Å². The van der Waals surface area contributed by atoms with Gasteiger partial charge in [-0.25, -0.2) is 9.97 Å². The Kier molecular flexibility index (Phi) is 4.56. The molecule has 1 saturated carbocycles. The Morgan fingerprint density at radius 2 is 1.93 bits per heavy atom. The Morgan fingerprint density at radius 1 is 1.23 bits per heavy atom. The third-order valence-electron chi connectivity index (χ3n) is 5.61. The van der Waals surface area contributed by atoms with E-state index >= 15 is 0 Å². The summed E-state index contributed by atoms with van der Waals surface area (Å²) in [5.74, 6) is 0.111. The summed E-state index contributed by atoms with van der Waals surface area (Å²) in [4.78, 5) is 37.2. The van der Waals surface area contributed by atoms with Crippen molar-refractivity contribution in [2.45, 2.75) is 38.1 Å². The number of fused-ring (bicyclic) bond motifs is 1. The molecule has 30 heavy (non-hydrogen) atoms. The molecule has 148 valence electrons. The Bertz CT molecular complexity index is 1310. The number of hydrogen-bond acceptors (Lipinski definition) is 6. The second-order valence-corrected chi connectivity index (χ2v) is 7.51. The average Bonchev–Trinajstić information content (AvgIpc) is 3.54. The number of H-pyrrole nitrogens is 1. The number of nitrogens with one attached hydrogen (secondary N) is 2. The smallest absolute Gasteiger partial charge is 0.252 e. The number of rotatable bonds is 4. The summed E-state index contributed by atoms with van der Waals surface area (Å²) in [5.41, 5.74) is 1.18. The Labute approximate surface area is 172 Å². The molecule has 8 heteroatoms. The van der Waals surface area contributed by atoms with Crippen molar-refractivity contribution in [1.82, 2.24) is 20.3 Å². The van der Waals surface area contributed by atoms with E-state index in [-0.39, 0.29) is 11.5 Å². The second kappa shape index (κ2) is 7.09. The Hall–Kier alpha value is -4.04. The maximum absolute atomic E-state index is 13.2. The number of aryl methyl sites for hydroxylation is 1. The van der Waals surface area contributed by atoms with Crippen LogP contribution in [0, 0.1) is 29.6 Å².